The number of carbonyl (C=O) groups is 2. The summed E-state index contributed by atoms with van der Waals surface area (Å²) in [5.74, 6) is -2.68. The lowest BCUT2D eigenvalue weighted by Crippen LogP contribution is -2.36. The summed E-state index contributed by atoms with van der Waals surface area (Å²) in [6, 6.07) is 0.837. The number of carboxylic acid groups (broad SMARTS) is 1. The zero-order chi connectivity index (χ0) is 19.9. The van der Waals surface area contributed by atoms with Crippen molar-refractivity contribution < 1.29 is 29.3 Å². The molecule has 0 spiro atoms. The van der Waals surface area contributed by atoms with Crippen molar-refractivity contribution in [1.82, 2.24) is 0 Å². The van der Waals surface area contributed by atoms with E-state index in [1.807, 2.05) is 0 Å². The maximum atomic E-state index is 11.9. The average molecular weight is 406 g/mol. The zero-order valence-electron chi connectivity index (χ0n) is 13.0. The molecule has 26 heavy (non-hydrogen) atoms. The first-order valence-corrected chi connectivity index (χ1v) is 9.25. The molecule has 0 bridgehead atoms. The summed E-state index contributed by atoms with van der Waals surface area (Å²) in [6.07, 6.45) is 0. The first-order chi connectivity index (χ1) is 12.1. The Labute approximate surface area is 153 Å². The molecule has 0 saturated carbocycles. The highest BCUT2D eigenvalue weighted by molar-refractivity contribution is 8.76. The van der Waals surface area contributed by atoms with Gasteiger partial charge in [0, 0.05) is 17.6 Å². The highest BCUT2D eigenvalue weighted by atomic mass is 33.1. The van der Waals surface area contributed by atoms with Crippen LogP contribution in [0, 0.1) is 20.2 Å². The van der Waals surface area contributed by atoms with Gasteiger partial charge in [-0.05, 0) is 6.07 Å². The van der Waals surface area contributed by atoms with E-state index in [9.17, 15) is 29.8 Å². The molecule has 0 aliphatic carbocycles. The second kappa shape index (κ2) is 9.91. The molecule has 12 nitrogen and oxygen atoms in total. The van der Waals surface area contributed by atoms with Crippen molar-refractivity contribution in [2.45, 2.75) is 12.1 Å². The van der Waals surface area contributed by atoms with Crippen LogP contribution in [0.1, 0.15) is 0 Å². The summed E-state index contributed by atoms with van der Waals surface area (Å²) < 4.78 is 4.82. The van der Waals surface area contributed by atoms with E-state index in [1.165, 1.54) is 0 Å². The van der Waals surface area contributed by atoms with Gasteiger partial charge in [-0.25, -0.2) is 4.79 Å². The smallest absolute Gasteiger partial charge is 0.388 e. The molecular formula is C12H14N4O8S2. The summed E-state index contributed by atoms with van der Waals surface area (Å²) in [4.78, 5) is 42.4. The minimum Gasteiger partial charge on any atom is -0.480 e. The molecular weight excluding hydrogens is 392 g/mol. The lowest BCUT2D eigenvalue weighted by atomic mass is 10.2. The number of rotatable bonds is 10. The standard InChI is InChI=1S/C12H14N4O8S2/c13-6(11(17)18)4-25-26-5-7(14)12(19)24-9-3-1-2-8(15(20)21)10(9)16(22)23/h1-3,6-7H,4-5,13-14H2,(H,17,18)/t6?,7-/m0/s1. The van der Waals surface area contributed by atoms with Crippen LogP contribution in [0.3, 0.4) is 0 Å². The molecule has 0 heterocycles. The molecule has 5 N–H and O–H groups in total. The van der Waals surface area contributed by atoms with Crippen LogP contribution in [0.2, 0.25) is 0 Å². The molecule has 1 aromatic carbocycles. The normalized spacial score (nSPS) is 12.8. The van der Waals surface area contributed by atoms with E-state index >= 15 is 0 Å². The molecule has 0 amide bonds. The van der Waals surface area contributed by atoms with Crippen LogP contribution in [0.5, 0.6) is 5.75 Å². The molecule has 142 valence electrons. The fourth-order valence-electron chi connectivity index (χ4n) is 1.49. The largest absolute Gasteiger partial charge is 0.480 e. The Morgan fingerprint density at radius 3 is 2.19 bits per heavy atom. The number of hydrogen-bond donors (Lipinski definition) is 3. The second-order valence-corrected chi connectivity index (χ2v) is 7.23. The third-order valence-electron chi connectivity index (χ3n) is 2.77. The van der Waals surface area contributed by atoms with E-state index in [2.05, 4.69) is 0 Å². The SMILES string of the molecule is NC(CSSC[C@H](N)C(=O)Oc1cccc([N+](=O)[O-])c1[N+](=O)[O-])C(=O)O. The molecule has 14 heteroatoms. The van der Waals surface area contributed by atoms with Gasteiger partial charge in [-0.3, -0.25) is 25.0 Å². The number of carbonyl (C=O) groups excluding carboxylic acids is 1. The summed E-state index contributed by atoms with van der Waals surface area (Å²) in [5.41, 5.74) is 9.14. The fraction of sp³-hybridized carbons (Fsp3) is 0.333. The van der Waals surface area contributed by atoms with Crippen molar-refractivity contribution in [2.24, 2.45) is 11.5 Å². The molecule has 0 aliphatic heterocycles. The third-order valence-corrected chi connectivity index (χ3v) is 5.24. The number of carboxylic acids is 1. The lowest BCUT2D eigenvalue weighted by Gasteiger charge is -2.11. The number of hydrogen-bond acceptors (Lipinski definition) is 11. The number of nitro benzene ring substituents is 2. The van der Waals surface area contributed by atoms with Crippen LogP contribution in [0.4, 0.5) is 11.4 Å². The Hall–Kier alpha value is -2.42. The molecule has 1 rings (SSSR count). The minimum absolute atomic E-state index is 0.0125. The topological polar surface area (TPSA) is 202 Å². The van der Waals surface area contributed by atoms with Crippen molar-refractivity contribution >= 4 is 44.9 Å². The second-order valence-electron chi connectivity index (χ2n) is 4.68. The number of nitrogens with two attached hydrogens (primary N) is 2. The first-order valence-electron chi connectivity index (χ1n) is 6.77. The van der Waals surface area contributed by atoms with E-state index in [0.717, 1.165) is 39.8 Å². The number of nitrogens with zero attached hydrogens (tertiary/aromatic N) is 2. The van der Waals surface area contributed by atoms with Crippen LogP contribution in [-0.4, -0.2) is 50.5 Å². The fourth-order valence-corrected chi connectivity index (χ4v) is 3.71. The maximum absolute atomic E-state index is 11.9. The zero-order valence-corrected chi connectivity index (χ0v) is 14.6. The predicted octanol–water partition coefficient (Wildman–Crippen LogP) is 0.529. The number of aliphatic carboxylic acids is 1. The summed E-state index contributed by atoms with van der Waals surface area (Å²) in [7, 11) is 2.15. The Bertz CT molecular complexity index is 716. The predicted molar refractivity (Wildman–Crippen MR) is 93.9 cm³/mol. The number of benzene rings is 1. The van der Waals surface area contributed by atoms with Crippen molar-refractivity contribution in [3.05, 3.63) is 38.4 Å². The molecule has 1 aromatic rings. The number of para-hydroxylation sites is 1. The van der Waals surface area contributed by atoms with Gasteiger partial charge in [0.1, 0.15) is 12.1 Å². The molecule has 0 saturated heterocycles. The maximum Gasteiger partial charge on any atom is 0.388 e. The van der Waals surface area contributed by atoms with E-state index in [4.69, 9.17) is 21.3 Å². The van der Waals surface area contributed by atoms with Crippen molar-refractivity contribution in [3.8, 4) is 5.75 Å². The highest BCUT2D eigenvalue weighted by Crippen LogP contribution is 2.36. The van der Waals surface area contributed by atoms with Crippen LogP contribution in [-0.2, 0) is 9.59 Å². The Morgan fingerprint density at radius 1 is 1.12 bits per heavy atom. The van der Waals surface area contributed by atoms with E-state index in [-0.39, 0.29) is 11.5 Å². The van der Waals surface area contributed by atoms with Crippen molar-refractivity contribution in [3.63, 3.8) is 0 Å². The average Bonchev–Trinajstić information content (AvgIpc) is 2.57. The molecule has 0 aliphatic rings. The Kier molecular flexibility index (Phi) is 8.24. The summed E-state index contributed by atoms with van der Waals surface area (Å²) in [5, 5.41) is 30.5. The summed E-state index contributed by atoms with van der Waals surface area (Å²) in [6.45, 7) is 0. The van der Waals surface area contributed by atoms with E-state index in [0.29, 0.717) is 0 Å². The summed E-state index contributed by atoms with van der Waals surface area (Å²) >= 11 is 0. The Balaban J connectivity index is 2.70. The van der Waals surface area contributed by atoms with Crippen LogP contribution >= 0.6 is 21.6 Å². The Morgan fingerprint density at radius 2 is 1.69 bits per heavy atom. The molecule has 1 unspecified atom stereocenters. The number of esters is 1. The van der Waals surface area contributed by atoms with Gasteiger partial charge >= 0.3 is 23.3 Å². The first kappa shape index (κ1) is 21.6. The third kappa shape index (κ3) is 6.14. The molecule has 0 radical (unpaired) electrons. The van der Waals surface area contributed by atoms with Crippen LogP contribution in [0.25, 0.3) is 0 Å². The van der Waals surface area contributed by atoms with Crippen LogP contribution in [0.15, 0.2) is 18.2 Å². The van der Waals surface area contributed by atoms with E-state index in [1.54, 1.807) is 0 Å². The van der Waals surface area contributed by atoms with Gasteiger partial charge in [0.15, 0.2) is 0 Å². The highest BCUT2D eigenvalue weighted by Gasteiger charge is 2.31. The number of nitro groups is 2. The van der Waals surface area contributed by atoms with Gasteiger partial charge in [-0.2, -0.15) is 0 Å². The molecule has 2 atom stereocenters. The van der Waals surface area contributed by atoms with Gasteiger partial charge < -0.3 is 21.3 Å². The molecule has 0 fully saturated rings. The van der Waals surface area contributed by atoms with Gasteiger partial charge in [-0.15, -0.1) is 0 Å². The monoisotopic (exact) mass is 406 g/mol. The minimum atomic E-state index is -1.19. The molecule has 0 aromatic heterocycles. The van der Waals surface area contributed by atoms with Gasteiger partial charge in [0.2, 0.25) is 5.75 Å². The van der Waals surface area contributed by atoms with Gasteiger partial charge in [-0.1, -0.05) is 27.7 Å². The quantitative estimate of drug-likeness (QED) is 0.122. The van der Waals surface area contributed by atoms with Gasteiger partial charge in [0.05, 0.1) is 9.85 Å². The van der Waals surface area contributed by atoms with Crippen molar-refractivity contribution in [1.29, 1.82) is 0 Å². The van der Waals surface area contributed by atoms with Crippen molar-refractivity contribution in [2.75, 3.05) is 11.5 Å². The van der Waals surface area contributed by atoms with E-state index < -0.39 is 51.0 Å². The van der Waals surface area contributed by atoms with Crippen LogP contribution < -0.4 is 16.2 Å². The van der Waals surface area contributed by atoms with Gasteiger partial charge in [0.25, 0.3) is 0 Å². The number of ether oxygens (including phenoxy) is 1. The lowest BCUT2D eigenvalue weighted by molar-refractivity contribution is -0.423.